The van der Waals surface area contributed by atoms with Crippen LogP contribution in [0.5, 0.6) is 0 Å². The number of aliphatic hydroxyl groups excluding tert-OH is 1. The first-order valence-electron chi connectivity index (χ1n) is 5.89. The summed E-state index contributed by atoms with van der Waals surface area (Å²) in [7, 11) is -3.73. The summed E-state index contributed by atoms with van der Waals surface area (Å²) in [4.78, 5) is -0.0257. The van der Waals surface area contributed by atoms with Gasteiger partial charge in [-0.1, -0.05) is 23.4 Å². The van der Waals surface area contributed by atoms with Crippen molar-refractivity contribution in [2.24, 2.45) is 0 Å². The van der Waals surface area contributed by atoms with Gasteiger partial charge >= 0.3 is 0 Å². The number of hydrogen-bond acceptors (Lipinski definition) is 4. The highest BCUT2D eigenvalue weighted by molar-refractivity contribution is 7.89. The maximum absolute atomic E-state index is 12.2. The first-order valence-corrected chi connectivity index (χ1v) is 7.75. The van der Waals surface area contributed by atoms with Gasteiger partial charge in [0.1, 0.15) is 11.5 Å². The van der Waals surface area contributed by atoms with Crippen molar-refractivity contribution < 1.29 is 13.5 Å². The number of halogens is 1. The van der Waals surface area contributed by atoms with E-state index in [1.165, 1.54) is 24.4 Å². The maximum atomic E-state index is 12.2. The van der Waals surface area contributed by atoms with Gasteiger partial charge in [0.25, 0.3) is 0 Å². The highest BCUT2D eigenvalue weighted by atomic mass is 35.5. The molecular weight excluding hydrogens is 314 g/mol. The molecule has 0 bridgehead atoms. The Morgan fingerprint density at radius 2 is 2.24 bits per heavy atom. The van der Waals surface area contributed by atoms with E-state index >= 15 is 0 Å². The molecule has 1 aromatic heterocycles. The van der Waals surface area contributed by atoms with E-state index in [1.807, 2.05) is 0 Å². The molecule has 0 aliphatic rings. The summed E-state index contributed by atoms with van der Waals surface area (Å²) in [5, 5.41) is 15.0. The second-order valence-electron chi connectivity index (χ2n) is 4.04. The summed E-state index contributed by atoms with van der Waals surface area (Å²) in [5.74, 6) is 5.12. The Morgan fingerprint density at radius 3 is 2.86 bits per heavy atom. The van der Waals surface area contributed by atoms with Gasteiger partial charge in [-0.3, -0.25) is 5.10 Å². The Morgan fingerprint density at radius 1 is 1.43 bits per heavy atom. The number of nitrogens with one attached hydrogen (secondary N) is 2. The molecule has 0 fully saturated rings. The second kappa shape index (κ2) is 6.74. The lowest BCUT2D eigenvalue weighted by atomic mass is 10.2. The lowest BCUT2D eigenvalue weighted by Crippen LogP contribution is -2.23. The monoisotopic (exact) mass is 325 g/mol. The van der Waals surface area contributed by atoms with Crippen LogP contribution in [0.15, 0.2) is 35.5 Å². The fraction of sp³-hybridized carbons (Fsp3) is 0.154. The van der Waals surface area contributed by atoms with Crippen LogP contribution in [0.1, 0.15) is 11.1 Å². The second-order valence-corrected chi connectivity index (χ2v) is 6.18. The number of nitrogens with zero attached hydrogens (tertiary/aromatic N) is 1. The van der Waals surface area contributed by atoms with Crippen molar-refractivity contribution in [1.29, 1.82) is 0 Å². The third kappa shape index (κ3) is 4.06. The average molecular weight is 326 g/mol. The summed E-state index contributed by atoms with van der Waals surface area (Å²) in [5.41, 5.74) is 1.24. The zero-order valence-corrected chi connectivity index (χ0v) is 12.4. The molecule has 0 unspecified atom stereocenters. The molecule has 21 heavy (non-hydrogen) atoms. The zero-order valence-electron chi connectivity index (χ0n) is 10.8. The van der Waals surface area contributed by atoms with Crippen LogP contribution in [0.2, 0.25) is 5.02 Å². The van der Waals surface area contributed by atoms with Crippen LogP contribution < -0.4 is 4.72 Å². The third-order valence-electron chi connectivity index (χ3n) is 2.55. The van der Waals surface area contributed by atoms with Gasteiger partial charge < -0.3 is 5.11 Å². The minimum atomic E-state index is -3.73. The van der Waals surface area contributed by atoms with Crippen molar-refractivity contribution >= 4 is 21.6 Å². The molecule has 0 saturated carbocycles. The van der Waals surface area contributed by atoms with Gasteiger partial charge in [0.05, 0.1) is 11.2 Å². The van der Waals surface area contributed by atoms with E-state index in [-0.39, 0.29) is 23.1 Å². The summed E-state index contributed by atoms with van der Waals surface area (Å²) >= 11 is 5.99. The SMILES string of the molecule is O=S(=O)(NCc1cn[nH]c1)c1ccc(C#CCO)cc1Cl. The Bertz CT molecular complexity index is 777. The zero-order chi connectivity index (χ0) is 15.3. The quantitative estimate of drug-likeness (QED) is 0.727. The van der Waals surface area contributed by atoms with Crippen molar-refractivity contribution in [3.8, 4) is 11.8 Å². The number of H-pyrrole nitrogens is 1. The topological polar surface area (TPSA) is 95.1 Å². The molecule has 1 aromatic carbocycles. The van der Waals surface area contributed by atoms with Crippen LogP contribution in [-0.4, -0.2) is 30.3 Å². The number of rotatable bonds is 4. The van der Waals surface area contributed by atoms with Gasteiger partial charge in [-0.25, -0.2) is 13.1 Å². The molecule has 0 spiro atoms. The van der Waals surface area contributed by atoms with E-state index in [9.17, 15) is 8.42 Å². The normalized spacial score (nSPS) is 11.0. The first kappa shape index (κ1) is 15.5. The van der Waals surface area contributed by atoms with Gasteiger partial charge in [0.2, 0.25) is 10.0 Å². The van der Waals surface area contributed by atoms with Gasteiger partial charge in [0.15, 0.2) is 0 Å². The lowest BCUT2D eigenvalue weighted by molar-refractivity contribution is 0.350. The summed E-state index contributed by atoms with van der Waals surface area (Å²) < 4.78 is 26.8. The first-order chi connectivity index (χ1) is 10.0. The molecule has 8 heteroatoms. The van der Waals surface area contributed by atoms with Crippen molar-refractivity contribution in [2.75, 3.05) is 6.61 Å². The van der Waals surface area contributed by atoms with Crippen molar-refractivity contribution in [2.45, 2.75) is 11.4 Å². The summed E-state index contributed by atoms with van der Waals surface area (Å²) in [6.07, 6.45) is 3.12. The molecule has 6 nitrogen and oxygen atoms in total. The van der Waals surface area contributed by atoms with Gasteiger partial charge in [-0.05, 0) is 18.2 Å². The summed E-state index contributed by atoms with van der Waals surface area (Å²) in [6.45, 7) is -0.162. The Hall–Kier alpha value is -1.85. The highest BCUT2D eigenvalue weighted by Gasteiger charge is 2.17. The van der Waals surface area contributed by atoms with E-state index in [1.54, 1.807) is 6.20 Å². The summed E-state index contributed by atoms with van der Waals surface area (Å²) in [6, 6.07) is 4.35. The fourth-order valence-electron chi connectivity index (χ4n) is 1.57. The van der Waals surface area contributed by atoms with E-state index < -0.39 is 10.0 Å². The number of hydrogen-bond donors (Lipinski definition) is 3. The molecule has 3 N–H and O–H groups in total. The van der Waals surface area contributed by atoms with Gasteiger partial charge in [-0.2, -0.15) is 5.10 Å². The number of aromatic amines is 1. The van der Waals surface area contributed by atoms with Gasteiger partial charge in [-0.15, -0.1) is 0 Å². The van der Waals surface area contributed by atoms with Crippen molar-refractivity contribution in [3.05, 3.63) is 46.7 Å². The molecule has 0 saturated heterocycles. The predicted octanol–water partition coefficient (Wildman–Crippen LogP) is 0.885. The minimum absolute atomic E-state index is 0.0257. The smallest absolute Gasteiger partial charge is 0.242 e. The molecule has 2 aromatic rings. The van der Waals surface area contributed by atoms with Crippen molar-refractivity contribution in [1.82, 2.24) is 14.9 Å². The molecule has 0 radical (unpaired) electrons. The average Bonchev–Trinajstić information content (AvgIpc) is 2.96. The Kier molecular flexibility index (Phi) is 4.98. The molecule has 1 heterocycles. The highest BCUT2D eigenvalue weighted by Crippen LogP contribution is 2.22. The third-order valence-corrected chi connectivity index (χ3v) is 4.44. The fourth-order valence-corrected chi connectivity index (χ4v) is 3.13. The lowest BCUT2D eigenvalue weighted by Gasteiger charge is -2.07. The molecule has 0 aliphatic heterocycles. The standard InChI is InChI=1S/C13H12ClN3O3S/c14-12-6-10(2-1-5-18)3-4-13(12)21(19,20)17-9-11-7-15-16-8-11/h3-4,6-8,17-18H,5,9H2,(H,15,16). The molecule has 0 atom stereocenters. The predicted molar refractivity (Wildman–Crippen MR) is 78.0 cm³/mol. The van der Waals surface area contributed by atoms with Crippen LogP contribution in [0.3, 0.4) is 0 Å². The van der Waals surface area contributed by atoms with Crippen LogP contribution in [-0.2, 0) is 16.6 Å². The van der Waals surface area contributed by atoms with Crippen LogP contribution in [0.4, 0.5) is 0 Å². The van der Waals surface area contributed by atoms with E-state index in [4.69, 9.17) is 16.7 Å². The Balaban J connectivity index is 2.19. The molecule has 110 valence electrons. The van der Waals surface area contributed by atoms with Gasteiger partial charge in [0, 0.05) is 23.9 Å². The molecule has 0 amide bonds. The number of benzene rings is 1. The van der Waals surface area contributed by atoms with Crippen LogP contribution in [0, 0.1) is 11.8 Å². The van der Waals surface area contributed by atoms with Crippen LogP contribution >= 0.6 is 11.6 Å². The number of aliphatic hydroxyl groups is 1. The Labute approximate surface area is 127 Å². The molecule has 0 aliphatic carbocycles. The molecule has 2 rings (SSSR count). The minimum Gasteiger partial charge on any atom is -0.384 e. The molecular formula is C13H12ClN3O3S. The van der Waals surface area contributed by atoms with E-state index in [2.05, 4.69) is 26.8 Å². The number of aromatic nitrogens is 2. The van der Waals surface area contributed by atoms with Crippen molar-refractivity contribution in [3.63, 3.8) is 0 Å². The van der Waals surface area contributed by atoms with Crippen LogP contribution in [0.25, 0.3) is 0 Å². The van der Waals surface area contributed by atoms with E-state index in [0.29, 0.717) is 11.1 Å². The number of sulfonamides is 1. The van der Waals surface area contributed by atoms with E-state index in [0.717, 1.165) is 0 Å². The largest absolute Gasteiger partial charge is 0.384 e. The maximum Gasteiger partial charge on any atom is 0.242 e.